The first kappa shape index (κ1) is 25.0. The number of aryl methyl sites for hydroxylation is 1. The number of methoxy groups -OCH3 is 1. The van der Waals surface area contributed by atoms with Crippen LogP contribution in [0.4, 0.5) is 24.7 Å². The van der Waals surface area contributed by atoms with Gasteiger partial charge >= 0.3 is 0 Å². The molecule has 11 heteroatoms. The summed E-state index contributed by atoms with van der Waals surface area (Å²) in [5, 5.41) is 5.89. The smallest absolute Gasteiger partial charge is 0.251 e. The van der Waals surface area contributed by atoms with Crippen molar-refractivity contribution in [1.82, 2.24) is 19.7 Å². The topological polar surface area (TPSA) is 107 Å². The number of anilines is 2. The molecule has 0 unspecified atom stereocenters. The van der Waals surface area contributed by atoms with Gasteiger partial charge in [-0.2, -0.15) is 4.39 Å². The van der Waals surface area contributed by atoms with E-state index in [1.807, 2.05) is 0 Å². The lowest BCUT2D eigenvalue weighted by molar-refractivity contribution is 0.0952. The number of nitrogens with one attached hydrogen (secondary N) is 2. The fourth-order valence-corrected chi connectivity index (χ4v) is 3.83. The third-order valence-corrected chi connectivity index (χ3v) is 5.61. The van der Waals surface area contributed by atoms with Crippen LogP contribution in [0.25, 0.3) is 16.9 Å². The van der Waals surface area contributed by atoms with Gasteiger partial charge in [0.15, 0.2) is 23.0 Å². The quantitative estimate of drug-likeness (QED) is 0.285. The Labute approximate surface area is 205 Å². The molecule has 4 N–H and O–H groups in total. The van der Waals surface area contributed by atoms with Crippen molar-refractivity contribution in [3.63, 3.8) is 0 Å². The van der Waals surface area contributed by atoms with Crippen LogP contribution in [-0.2, 0) is 6.42 Å². The van der Waals surface area contributed by atoms with Gasteiger partial charge in [0, 0.05) is 42.2 Å². The van der Waals surface area contributed by atoms with Crippen molar-refractivity contribution in [2.45, 2.75) is 12.8 Å². The van der Waals surface area contributed by atoms with Crippen LogP contribution in [0.15, 0.2) is 48.9 Å². The Bertz CT molecular complexity index is 1390. The molecule has 8 nitrogen and oxygen atoms in total. The molecule has 1 amide bonds. The number of aromatic nitrogens is 3. The van der Waals surface area contributed by atoms with E-state index in [0.29, 0.717) is 53.5 Å². The highest BCUT2D eigenvalue weighted by Crippen LogP contribution is 2.31. The Kier molecular flexibility index (Phi) is 7.69. The third kappa shape index (κ3) is 4.96. The third-order valence-electron chi connectivity index (χ3n) is 5.61. The highest BCUT2D eigenvalue weighted by atomic mass is 19.2. The van der Waals surface area contributed by atoms with Gasteiger partial charge in [-0.15, -0.1) is 0 Å². The number of halogens is 3. The van der Waals surface area contributed by atoms with E-state index in [0.717, 1.165) is 0 Å². The van der Waals surface area contributed by atoms with E-state index in [-0.39, 0.29) is 23.6 Å². The molecule has 0 aliphatic rings. The van der Waals surface area contributed by atoms with Gasteiger partial charge in [0.2, 0.25) is 5.82 Å². The predicted molar refractivity (Wildman–Crippen MR) is 130 cm³/mol. The molecular formula is C25H25F3N6O2. The number of benzene rings is 2. The summed E-state index contributed by atoms with van der Waals surface area (Å²) >= 11 is 0. The largest absolute Gasteiger partial charge is 0.494 e. The van der Waals surface area contributed by atoms with Gasteiger partial charge in [0.25, 0.3) is 5.91 Å². The molecule has 0 aliphatic heterocycles. The minimum atomic E-state index is -1.09. The molecule has 2 aromatic heterocycles. The molecule has 0 saturated heterocycles. The van der Waals surface area contributed by atoms with Crippen LogP contribution in [0.2, 0.25) is 0 Å². The summed E-state index contributed by atoms with van der Waals surface area (Å²) in [5.41, 5.74) is 7.61. The average Bonchev–Trinajstić information content (AvgIpc) is 3.31. The number of imidazole rings is 1. The second kappa shape index (κ2) is 11.1. The molecule has 0 radical (unpaired) electrons. The zero-order valence-electron chi connectivity index (χ0n) is 19.5. The Morgan fingerprint density at radius 2 is 2.00 bits per heavy atom. The van der Waals surface area contributed by atoms with Gasteiger partial charge in [-0.25, -0.2) is 14.4 Å². The van der Waals surface area contributed by atoms with Crippen molar-refractivity contribution in [2.24, 2.45) is 5.73 Å². The molecule has 2 aromatic carbocycles. The van der Waals surface area contributed by atoms with Crippen molar-refractivity contribution in [2.75, 3.05) is 32.2 Å². The average molecular weight is 499 g/mol. The molecular weight excluding hydrogens is 473 g/mol. The van der Waals surface area contributed by atoms with E-state index < -0.39 is 18.3 Å². The number of fused-ring (bicyclic) bond motifs is 1. The molecule has 188 valence electrons. The van der Waals surface area contributed by atoms with E-state index >= 15 is 0 Å². The molecule has 0 atom stereocenters. The van der Waals surface area contributed by atoms with Crippen molar-refractivity contribution < 1.29 is 22.7 Å². The van der Waals surface area contributed by atoms with Crippen molar-refractivity contribution in [3.8, 4) is 17.0 Å². The van der Waals surface area contributed by atoms with Crippen LogP contribution in [0.1, 0.15) is 22.3 Å². The number of rotatable bonds is 10. The Hall–Kier alpha value is -4.12. The molecule has 36 heavy (non-hydrogen) atoms. The maximum Gasteiger partial charge on any atom is 0.251 e. The lowest BCUT2D eigenvalue weighted by Gasteiger charge is -2.13. The number of amides is 1. The highest BCUT2D eigenvalue weighted by Gasteiger charge is 2.19. The summed E-state index contributed by atoms with van der Waals surface area (Å²) < 4.78 is 48.6. The summed E-state index contributed by atoms with van der Waals surface area (Å²) in [5.74, 6) is -2.31. The van der Waals surface area contributed by atoms with Gasteiger partial charge < -0.3 is 21.1 Å². The Balaban J connectivity index is 1.65. The molecule has 0 aliphatic carbocycles. The van der Waals surface area contributed by atoms with E-state index in [1.165, 1.54) is 31.6 Å². The molecule has 0 saturated carbocycles. The Morgan fingerprint density at radius 3 is 2.75 bits per heavy atom. The number of ether oxygens (including phenoxy) is 1. The van der Waals surface area contributed by atoms with E-state index in [9.17, 15) is 18.0 Å². The first-order valence-electron chi connectivity index (χ1n) is 11.3. The van der Waals surface area contributed by atoms with Crippen LogP contribution in [-0.4, -0.2) is 47.1 Å². The lowest BCUT2D eigenvalue weighted by Crippen LogP contribution is -2.27. The fraction of sp³-hybridized carbons (Fsp3) is 0.240. The number of hydrogen-bond acceptors (Lipinski definition) is 6. The minimum Gasteiger partial charge on any atom is -0.494 e. The number of hydrogen-bond donors (Lipinski definition) is 3. The molecule has 4 aromatic rings. The van der Waals surface area contributed by atoms with E-state index in [4.69, 9.17) is 10.5 Å². The van der Waals surface area contributed by atoms with Crippen LogP contribution in [0, 0.1) is 11.6 Å². The summed E-state index contributed by atoms with van der Waals surface area (Å²) in [7, 11) is 1.26. The maximum absolute atomic E-state index is 14.7. The number of carbonyl (C=O) groups is 1. The highest BCUT2D eigenvalue weighted by molar-refractivity contribution is 5.96. The molecule has 4 rings (SSSR count). The van der Waals surface area contributed by atoms with E-state index in [2.05, 4.69) is 20.6 Å². The second-order valence-corrected chi connectivity index (χ2v) is 7.89. The minimum absolute atomic E-state index is 0.00758. The molecule has 0 spiro atoms. The fourth-order valence-electron chi connectivity index (χ4n) is 3.83. The van der Waals surface area contributed by atoms with Crippen LogP contribution in [0.5, 0.6) is 5.75 Å². The number of nitrogens with two attached hydrogens (primary N) is 1. The van der Waals surface area contributed by atoms with Gasteiger partial charge in [-0.05, 0) is 48.9 Å². The van der Waals surface area contributed by atoms with Crippen LogP contribution in [0.3, 0.4) is 0 Å². The first-order valence-corrected chi connectivity index (χ1v) is 11.3. The van der Waals surface area contributed by atoms with Crippen LogP contribution >= 0.6 is 0 Å². The molecule has 2 heterocycles. The number of carbonyl (C=O) groups excluding carboxylic acids is 1. The predicted octanol–water partition coefficient (Wildman–Crippen LogP) is 4.02. The lowest BCUT2D eigenvalue weighted by atomic mass is 10.0. The summed E-state index contributed by atoms with van der Waals surface area (Å²) in [6, 6.07) is 7.71. The van der Waals surface area contributed by atoms with Crippen molar-refractivity contribution in [3.05, 3.63) is 71.7 Å². The summed E-state index contributed by atoms with van der Waals surface area (Å²) in [6.07, 6.45) is 5.17. The first-order chi connectivity index (χ1) is 17.5. The van der Waals surface area contributed by atoms with E-state index in [1.54, 1.807) is 28.8 Å². The van der Waals surface area contributed by atoms with Gasteiger partial charge in [0.1, 0.15) is 0 Å². The van der Waals surface area contributed by atoms with Crippen molar-refractivity contribution in [1.29, 1.82) is 0 Å². The van der Waals surface area contributed by atoms with Crippen LogP contribution < -0.4 is 21.1 Å². The summed E-state index contributed by atoms with van der Waals surface area (Å²) in [4.78, 5) is 21.1. The van der Waals surface area contributed by atoms with Gasteiger partial charge in [0.05, 0.1) is 25.7 Å². The summed E-state index contributed by atoms with van der Waals surface area (Å²) in [6.45, 7) is 0.250. The second-order valence-electron chi connectivity index (χ2n) is 7.89. The molecule has 0 fully saturated rings. The van der Waals surface area contributed by atoms with Gasteiger partial charge in [-0.3, -0.25) is 13.6 Å². The zero-order valence-corrected chi connectivity index (χ0v) is 19.5. The Morgan fingerprint density at radius 1 is 1.17 bits per heavy atom. The monoisotopic (exact) mass is 498 g/mol. The standard InChI is InChI=1S/C25H25F3N6O2/c1-36-20-6-5-18(21(27)22(20)28)19-14-32-24-23(30-11-12-34(19)24)33-16-3-4-17(15(13-16)7-8-26)25(35)31-10-2-9-29/h3-6,11-14H,2,7-10,29H2,1H3,(H,30,33)(H,31,35). The van der Waals surface area contributed by atoms with Gasteiger partial charge in [-0.1, -0.05) is 0 Å². The normalized spacial score (nSPS) is 11.0. The maximum atomic E-state index is 14.7. The number of alkyl halides is 1. The SMILES string of the molecule is COc1ccc(-c2cnc3c(Nc4ccc(C(=O)NCCCN)c(CCF)c4)nccn23)c(F)c1F. The number of nitrogens with zero attached hydrogens (tertiary/aromatic N) is 3. The zero-order chi connectivity index (χ0) is 25.7. The molecule has 0 bridgehead atoms. The van der Waals surface area contributed by atoms with Crippen molar-refractivity contribution >= 4 is 23.1 Å².